The van der Waals surface area contributed by atoms with E-state index < -0.39 is 0 Å². The lowest BCUT2D eigenvalue weighted by Gasteiger charge is -2.17. The summed E-state index contributed by atoms with van der Waals surface area (Å²) >= 11 is 0. The Kier molecular flexibility index (Phi) is 3.95. The van der Waals surface area contributed by atoms with Gasteiger partial charge in [0.15, 0.2) is 0 Å². The molecule has 0 aliphatic rings. The molecular formula is C18H17FN2. The van der Waals surface area contributed by atoms with E-state index in [1.165, 1.54) is 28.5 Å². The third-order valence-electron chi connectivity index (χ3n) is 3.76. The Balaban J connectivity index is 1.96. The molecule has 1 atom stereocenters. The largest absolute Gasteiger partial charge is 0.271 e. The quantitative estimate of drug-likeness (QED) is 0.564. The van der Waals surface area contributed by atoms with Crippen LogP contribution < -0.4 is 11.3 Å². The van der Waals surface area contributed by atoms with Gasteiger partial charge in [-0.2, -0.15) is 0 Å². The molecule has 0 aromatic heterocycles. The second-order valence-electron chi connectivity index (χ2n) is 5.12. The van der Waals surface area contributed by atoms with Gasteiger partial charge in [-0.15, -0.1) is 0 Å². The topological polar surface area (TPSA) is 38.0 Å². The molecule has 0 amide bonds. The van der Waals surface area contributed by atoms with Crippen molar-refractivity contribution in [2.24, 2.45) is 5.84 Å². The molecule has 0 bridgehead atoms. The SMILES string of the molecule is NNC(Cc1cccc2ccccc12)c1cccc(F)c1. The minimum absolute atomic E-state index is 0.119. The molecule has 21 heavy (non-hydrogen) atoms. The van der Waals surface area contributed by atoms with Crippen molar-refractivity contribution in [3.05, 3.63) is 83.7 Å². The van der Waals surface area contributed by atoms with Crippen LogP contribution in [0.25, 0.3) is 10.8 Å². The summed E-state index contributed by atoms with van der Waals surface area (Å²) in [6, 6.07) is 20.9. The standard InChI is InChI=1S/C18H17FN2/c19-16-9-4-8-15(11-16)18(21-20)12-14-7-3-6-13-5-1-2-10-17(13)14/h1-11,18,21H,12,20H2. The van der Waals surface area contributed by atoms with Crippen molar-refractivity contribution < 1.29 is 4.39 Å². The molecule has 0 aliphatic heterocycles. The van der Waals surface area contributed by atoms with Gasteiger partial charge >= 0.3 is 0 Å². The molecule has 1 unspecified atom stereocenters. The molecule has 3 N–H and O–H groups in total. The first-order valence-corrected chi connectivity index (χ1v) is 6.96. The highest BCUT2D eigenvalue weighted by Crippen LogP contribution is 2.24. The minimum atomic E-state index is -0.245. The maximum atomic E-state index is 13.4. The zero-order chi connectivity index (χ0) is 14.7. The van der Waals surface area contributed by atoms with E-state index >= 15 is 0 Å². The molecule has 3 rings (SSSR count). The number of nitrogens with one attached hydrogen (secondary N) is 1. The van der Waals surface area contributed by atoms with Crippen molar-refractivity contribution in [1.29, 1.82) is 0 Å². The van der Waals surface area contributed by atoms with Crippen LogP contribution in [-0.4, -0.2) is 0 Å². The van der Waals surface area contributed by atoms with Crippen molar-refractivity contribution in [3.8, 4) is 0 Å². The average Bonchev–Trinajstić information content (AvgIpc) is 2.52. The van der Waals surface area contributed by atoms with E-state index in [1.807, 2.05) is 24.3 Å². The Morgan fingerprint density at radius 1 is 0.952 bits per heavy atom. The van der Waals surface area contributed by atoms with E-state index in [-0.39, 0.29) is 11.9 Å². The summed E-state index contributed by atoms with van der Waals surface area (Å²) in [5.74, 6) is 5.43. The predicted molar refractivity (Wildman–Crippen MR) is 84.1 cm³/mol. The fourth-order valence-corrected chi connectivity index (χ4v) is 2.69. The maximum absolute atomic E-state index is 13.4. The van der Waals surface area contributed by atoms with Gasteiger partial charge in [0.2, 0.25) is 0 Å². The zero-order valence-corrected chi connectivity index (χ0v) is 11.6. The predicted octanol–water partition coefficient (Wildman–Crippen LogP) is 3.73. The molecule has 0 spiro atoms. The number of nitrogens with two attached hydrogens (primary N) is 1. The third kappa shape index (κ3) is 2.94. The lowest BCUT2D eigenvalue weighted by atomic mass is 9.95. The molecule has 0 fully saturated rings. The summed E-state index contributed by atoms with van der Waals surface area (Å²) < 4.78 is 13.4. The second-order valence-corrected chi connectivity index (χ2v) is 5.12. The number of benzene rings is 3. The summed E-state index contributed by atoms with van der Waals surface area (Å²) in [6.45, 7) is 0. The molecule has 3 heteroatoms. The van der Waals surface area contributed by atoms with Crippen LogP contribution in [0.4, 0.5) is 4.39 Å². The Morgan fingerprint density at radius 3 is 2.52 bits per heavy atom. The fraction of sp³-hybridized carbons (Fsp3) is 0.111. The first-order chi connectivity index (χ1) is 10.3. The Bertz CT molecular complexity index is 750. The lowest BCUT2D eigenvalue weighted by Crippen LogP contribution is -2.29. The van der Waals surface area contributed by atoms with E-state index in [0.717, 1.165) is 5.56 Å². The summed E-state index contributed by atoms with van der Waals surface area (Å²) in [4.78, 5) is 0. The first-order valence-electron chi connectivity index (χ1n) is 6.96. The molecule has 0 radical (unpaired) electrons. The highest BCUT2D eigenvalue weighted by atomic mass is 19.1. The van der Waals surface area contributed by atoms with Gasteiger partial charge < -0.3 is 0 Å². The van der Waals surface area contributed by atoms with Crippen molar-refractivity contribution in [3.63, 3.8) is 0 Å². The lowest BCUT2D eigenvalue weighted by molar-refractivity contribution is 0.546. The van der Waals surface area contributed by atoms with Crippen molar-refractivity contribution in [2.75, 3.05) is 0 Å². The van der Waals surface area contributed by atoms with E-state index in [2.05, 4.69) is 29.7 Å². The maximum Gasteiger partial charge on any atom is 0.123 e. The number of hydrogen-bond donors (Lipinski definition) is 2. The first kappa shape index (κ1) is 13.7. The molecule has 3 aromatic rings. The van der Waals surface area contributed by atoms with Gasteiger partial charge in [0, 0.05) is 0 Å². The molecule has 2 nitrogen and oxygen atoms in total. The van der Waals surface area contributed by atoms with Gasteiger partial charge in [-0.3, -0.25) is 11.3 Å². The number of halogens is 1. The number of rotatable bonds is 4. The van der Waals surface area contributed by atoms with Crippen LogP contribution in [0, 0.1) is 5.82 Å². The van der Waals surface area contributed by atoms with Crippen LogP contribution in [0.3, 0.4) is 0 Å². The van der Waals surface area contributed by atoms with Crippen LogP contribution >= 0.6 is 0 Å². The van der Waals surface area contributed by atoms with E-state index in [1.54, 1.807) is 6.07 Å². The molecule has 0 heterocycles. The molecule has 106 valence electrons. The summed E-state index contributed by atoms with van der Waals surface area (Å²) in [7, 11) is 0. The molecule has 0 aliphatic carbocycles. The Hall–Kier alpha value is -2.23. The highest BCUT2D eigenvalue weighted by Gasteiger charge is 2.12. The van der Waals surface area contributed by atoms with Gasteiger partial charge in [0.25, 0.3) is 0 Å². The number of hydrogen-bond acceptors (Lipinski definition) is 2. The highest BCUT2D eigenvalue weighted by molar-refractivity contribution is 5.85. The summed E-state index contributed by atoms with van der Waals surface area (Å²) in [5, 5.41) is 2.40. The summed E-state index contributed by atoms with van der Waals surface area (Å²) in [6.07, 6.45) is 0.710. The molecule has 0 saturated heterocycles. The number of hydrazine groups is 1. The van der Waals surface area contributed by atoms with Crippen LogP contribution in [0.1, 0.15) is 17.2 Å². The van der Waals surface area contributed by atoms with Crippen LogP contribution in [0.5, 0.6) is 0 Å². The summed E-state index contributed by atoms with van der Waals surface area (Å²) in [5.41, 5.74) is 4.84. The second kappa shape index (κ2) is 6.04. The molecule has 0 saturated carbocycles. The van der Waals surface area contributed by atoms with Gasteiger partial charge in [-0.1, -0.05) is 54.6 Å². The third-order valence-corrected chi connectivity index (χ3v) is 3.76. The van der Waals surface area contributed by atoms with E-state index in [9.17, 15) is 4.39 Å². The molecule has 3 aromatic carbocycles. The van der Waals surface area contributed by atoms with E-state index in [0.29, 0.717) is 6.42 Å². The smallest absolute Gasteiger partial charge is 0.123 e. The van der Waals surface area contributed by atoms with Crippen LogP contribution in [0.15, 0.2) is 66.7 Å². The van der Waals surface area contributed by atoms with Gasteiger partial charge in [0.05, 0.1) is 6.04 Å². The monoisotopic (exact) mass is 280 g/mol. The fourth-order valence-electron chi connectivity index (χ4n) is 2.69. The normalized spacial score (nSPS) is 12.5. The van der Waals surface area contributed by atoms with Crippen LogP contribution in [0.2, 0.25) is 0 Å². The number of fused-ring (bicyclic) bond motifs is 1. The Labute approximate surface area is 123 Å². The average molecular weight is 280 g/mol. The van der Waals surface area contributed by atoms with Gasteiger partial charge in [-0.25, -0.2) is 4.39 Å². The zero-order valence-electron chi connectivity index (χ0n) is 11.6. The Morgan fingerprint density at radius 2 is 1.71 bits per heavy atom. The minimum Gasteiger partial charge on any atom is -0.271 e. The molecular weight excluding hydrogens is 263 g/mol. The van der Waals surface area contributed by atoms with Crippen molar-refractivity contribution in [2.45, 2.75) is 12.5 Å². The van der Waals surface area contributed by atoms with Crippen molar-refractivity contribution >= 4 is 10.8 Å². The van der Waals surface area contributed by atoms with Gasteiger partial charge in [0.1, 0.15) is 5.82 Å². The van der Waals surface area contributed by atoms with Crippen molar-refractivity contribution in [1.82, 2.24) is 5.43 Å². The van der Waals surface area contributed by atoms with E-state index in [4.69, 9.17) is 5.84 Å². The van der Waals surface area contributed by atoms with Gasteiger partial charge in [-0.05, 0) is 40.5 Å². The van der Waals surface area contributed by atoms with Crippen LogP contribution in [-0.2, 0) is 6.42 Å².